The van der Waals surface area contributed by atoms with Crippen LogP contribution < -0.4 is 14.8 Å². The van der Waals surface area contributed by atoms with Gasteiger partial charge in [-0.25, -0.2) is 0 Å². The maximum absolute atomic E-state index is 12.6. The first-order valence-corrected chi connectivity index (χ1v) is 9.21. The Morgan fingerprint density at radius 3 is 2.85 bits per heavy atom. The highest BCUT2D eigenvalue weighted by Crippen LogP contribution is 2.35. The van der Waals surface area contributed by atoms with Gasteiger partial charge in [-0.15, -0.1) is 0 Å². The molecule has 0 fully saturated rings. The molecule has 0 spiro atoms. The molecule has 1 aliphatic rings. The van der Waals surface area contributed by atoms with Gasteiger partial charge in [0.05, 0.1) is 25.2 Å². The summed E-state index contributed by atoms with van der Waals surface area (Å²) in [6.07, 6.45) is 1.24. The summed E-state index contributed by atoms with van der Waals surface area (Å²) < 4.78 is 11.5. The van der Waals surface area contributed by atoms with Crippen LogP contribution in [0.3, 0.4) is 0 Å². The van der Waals surface area contributed by atoms with E-state index in [4.69, 9.17) is 9.47 Å². The van der Waals surface area contributed by atoms with Crippen LogP contribution in [0.25, 0.3) is 0 Å². The van der Waals surface area contributed by atoms with Crippen molar-refractivity contribution in [1.29, 1.82) is 0 Å². The Labute approximate surface area is 155 Å². The molecule has 1 aliphatic heterocycles. The third-order valence-electron chi connectivity index (χ3n) is 4.45. The molecule has 2 aromatic carbocycles. The molecule has 0 aliphatic carbocycles. The molecular formula is C22H27NO3. The fraction of sp³-hybridized carbons (Fsp3) is 0.409. The van der Waals surface area contributed by atoms with Crippen LogP contribution in [-0.2, 0) is 11.2 Å². The van der Waals surface area contributed by atoms with Crippen molar-refractivity contribution in [2.24, 2.45) is 0 Å². The molecule has 1 unspecified atom stereocenters. The molecule has 4 heteroatoms. The van der Waals surface area contributed by atoms with E-state index in [0.29, 0.717) is 13.0 Å². The van der Waals surface area contributed by atoms with Crippen LogP contribution >= 0.6 is 0 Å². The summed E-state index contributed by atoms with van der Waals surface area (Å²) >= 11 is 0. The van der Waals surface area contributed by atoms with Gasteiger partial charge >= 0.3 is 0 Å². The first kappa shape index (κ1) is 18.3. The number of hydrogen-bond acceptors (Lipinski definition) is 3. The average molecular weight is 353 g/mol. The number of aryl methyl sites for hydroxylation is 2. The number of nitrogens with one attached hydrogen (secondary N) is 1. The van der Waals surface area contributed by atoms with Gasteiger partial charge in [0.25, 0.3) is 0 Å². The maximum Gasteiger partial charge on any atom is 0.224 e. The number of amides is 1. The fourth-order valence-electron chi connectivity index (χ4n) is 3.46. The quantitative estimate of drug-likeness (QED) is 0.873. The summed E-state index contributed by atoms with van der Waals surface area (Å²) in [6.45, 7) is 8.73. The number of ether oxygens (including phenoxy) is 2. The molecule has 1 N–H and O–H groups in total. The molecule has 2 aromatic rings. The van der Waals surface area contributed by atoms with E-state index in [0.717, 1.165) is 34.6 Å². The maximum atomic E-state index is 12.6. The van der Waals surface area contributed by atoms with Crippen molar-refractivity contribution in [1.82, 2.24) is 5.32 Å². The topological polar surface area (TPSA) is 47.6 Å². The lowest BCUT2D eigenvalue weighted by Crippen LogP contribution is -2.33. The highest BCUT2D eigenvalue weighted by Gasteiger charge is 2.24. The van der Waals surface area contributed by atoms with E-state index in [1.165, 1.54) is 5.56 Å². The molecule has 1 atom stereocenters. The Morgan fingerprint density at radius 2 is 2.08 bits per heavy atom. The van der Waals surface area contributed by atoms with E-state index < -0.39 is 0 Å². The predicted octanol–water partition coefficient (Wildman–Crippen LogP) is 4.27. The Balaban J connectivity index is 1.70. The van der Waals surface area contributed by atoms with Crippen LogP contribution in [0.4, 0.5) is 0 Å². The molecule has 26 heavy (non-hydrogen) atoms. The smallest absolute Gasteiger partial charge is 0.224 e. The van der Waals surface area contributed by atoms with Gasteiger partial charge < -0.3 is 14.8 Å². The molecule has 0 radical (unpaired) electrons. The minimum Gasteiger partial charge on any atom is -0.493 e. The molecule has 1 amide bonds. The van der Waals surface area contributed by atoms with Crippen molar-refractivity contribution in [3.8, 4) is 11.5 Å². The summed E-state index contributed by atoms with van der Waals surface area (Å²) in [7, 11) is 0. The third-order valence-corrected chi connectivity index (χ3v) is 4.45. The monoisotopic (exact) mass is 353 g/mol. The van der Waals surface area contributed by atoms with Gasteiger partial charge in [0.1, 0.15) is 11.5 Å². The minimum atomic E-state index is -0.0000494. The normalized spacial score (nSPS) is 16.0. The second-order valence-electron chi connectivity index (χ2n) is 7.25. The van der Waals surface area contributed by atoms with E-state index in [9.17, 15) is 4.79 Å². The number of fused-ring (bicyclic) bond motifs is 1. The summed E-state index contributed by atoms with van der Waals surface area (Å²) in [5.74, 6) is 1.73. The van der Waals surface area contributed by atoms with E-state index in [1.807, 2.05) is 38.1 Å². The molecular weight excluding hydrogens is 326 g/mol. The van der Waals surface area contributed by atoms with Crippen LogP contribution in [-0.4, -0.2) is 18.6 Å². The average Bonchev–Trinajstić information content (AvgIpc) is 2.55. The van der Waals surface area contributed by atoms with E-state index >= 15 is 0 Å². The van der Waals surface area contributed by atoms with Crippen LogP contribution in [0, 0.1) is 13.8 Å². The van der Waals surface area contributed by atoms with Crippen molar-refractivity contribution in [2.75, 3.05) is 6.61 Å². The van der Waals surface area contributed by atoms with E-state index in [1.54, 1.807) is 0 Å². The Hall–Kier alpha value is -2.49. The molecule has 138 valence electrons. The summed E-state index contributed by atoms with van der Waals surface area (Å²) in [5, 5.41) is 3.18. The summed E-state index contributed by atoms with van der Waals surface area (Å²) in [4.78, 5) is 12.6. The Bertz CT molecular complexity index is 798. The second kappa shape index (κ2) is 7.81. The Morgan fingerprint density at radius 1 is 1.27 bits per heavy atom. The Kier molecular flexibility index (Phi) is 5.50. The number of hydrogen-bond donors (Lipinski definition) is 1. The summed E-state index contributed by atoms with van der Waals surface area (Å²) in [5.41, 5.74) is 4.34. The predicted molar refractivity (Wildman–Crippen MR) is 103 cm³/mol. The molecule has 3 rings (SSSR count). The zero-order chi connectivity index (χ0) is 18.7. The SMILES string of the molecule is Cc1cc(C)c2c(c1)C(NC(=O)Cc1cccc(OC(C)C)c1)CCO2. The van der Waals surface area contributed by atoms with Crippen LogP contribution in [0.2, 0.25) is 0 Å². The van der Waals surface area contributed by atoms with Gasteiger partial charge in [-0.1, -0.05) is 29.8 Å². The first-order valence-electron chi connectivity index (χ1n) is 9.21. The lowest BCUT2D eigenvalue weighted by molar-refractivity contribution is -0.121. The van der Waals surface area contributed by atoms with Crippen molar-refractivity contribution < 1.29 is 14.3 Å². The van der Waals surface area contributed by atoms with Gasteiger partial charge in [0.2, 0.25) is 5.91 Å². The molecule has 0 saturated carbocycles. The number of benzene rings is 2. The lowest BCUT2D eigenvalue weighted by Gasteiger charge is -2.28. The molecule has 1 heterocycles. The molecule has 0 saturated heterocycles. The zero-order valence-corrected chi connectivity index (χ0v) is 16.0. The number of rotatable bonds is 5. The summed E-state index contributed by atoms with van der Waals surface area (Å²) in [6, 6.07) is 12.0. The minimum absolute atomic E-state index is 0.0000494. The zero-order valence-electron chi connectivity index (χ0n) is 16.0. The van der Waals surface area contributed by atoms with Crippen LogP contribution in [0.5, 0.6) is 11.5 Å². The molecule has 4 nitrogen and oxygen atoms in total. The van der Waals surface area contributed by atoms with Gasteiger partial charge in [-0.05, 0) is 51.0 Å². The van der Waals surface area contributed by atoms with E-state index in [2.05, 4.69) is 31.3 Å². The molecule has 0 bridgehead atoms. The molecule has 0 aromatic heterocycles. The van der Waals surface area contributed by atoms with Crippen LogP contribution in [0.15, 0.2) is 36.4 Å². The highest BCUT2D eigenvalue weighted by atomic mass is 16.5. The van der Waals surface area contributed by atoms with Crippen molar-refractivity contribution in [3.63, 3.8) is 0 Å². The first-order chi connectivity index (χ1) is 12.4. The highest BCUT2D eigenvalue weighted by molar-refractivity contribution is 5.79. The fourth-order valence-corrected chi connectivity index (χ4v) is 3.46. The number of carbonyl (C=O) groups excluding carboxylic acids is 1. The largest absolute Gasteiger partial charge is 0.493 e. The second-order valence-corrected chi connectivity index (χ2v) is 7.25. The van der Waals surface area contributed by atoms with Gasteiger partial charge in [-0.3, -0.25) is 4.79 Å². The van der Waals surface area contributed by atoms with Crippen molar-refractivity contribution >= 4 is 5.91 Å². The van der Waals surface area contributed by atoms with Crippen molar-refractivity contribution in [2.45, 2.75) is 52.7 Å². The van der Waals surface area contributed by atoms with Gasteiger partial charge in [0, 0.05) is 12.0 Å². The third kappa shape index (κ3) is 4.37. The number of carbonyl (C=O) groups is 1. The van der Waals surface area contributed by atoms with Crippen LogP contribution in [0.1, 0.15) is 48.6 Å². The van der Waals surface area contributed by atoms with Gasteiger partial charge in [0.15, 0.2) is 0 Å². The standard InChI is InChI=1S/C22H27NO3/c1-14(2)26-18-7-5-6-17(12-18)13-21(24)23-20-8-9-25-22-16(4)10-15(3)11-19(20)22/h5-7,10-12,14,20H,8-9,13H2,1-4H3,(H,23,24). The van der Waals surface area contributed by atoms with Gasteiger partial charge in [-0.2, -0.15) is 0 Å². The lowest BCUT2D eigenvalue weighted by atomic mass is 9.95. The van der Waals surface area contributed by atoms with Crippen molar-refractivity contribution in [3.05, 3.63) is 58.7 Å². The van der Waals surface area contributed by atoms with E-state index in [-0.39, 0.29) is 18.1 Å².